The predicted octanol–water partition coefficient (Wildman–Crippen LogP) is 2.55. The minimum Gasteiger partial charge on any atom is -0.384 e. The highest BCUT2D eigenvalue weighted by Crippen LogP contribution is 2.33. The van der Waals surface area contributed by atoms with E-state index in [9.17, 15) is 14.4 Å². The molecule has 4 rings (SSSR count). The molecule has 1 saturated carbocycles. The van der Waals surface area contributed by atoms with Gasteiger partial charge in [-0.2, -0.15) is 0 Å². The van der Waals surface area contributed by atoms with Gasteiger partial charge in [0.25, 0.3) is 5.91 Å². The summed E-state index contributed by atoms with van der Waals surface area (Å²) in [6.07, 6.45) is 11.3. The highest BCUT2D eigenvalue weighted by Gasteiger charge is 2.55. The fourth-order valence-corrected chi connectivity index (χ4v) is 5.21. The van der Waals surface area contributed by atoms with Gasteiger partial charge in [0.15, 0.2) is 0 Å². The second-order valence-electron chi connectivity index (χ2n) is 9.36. The molecular formula is C25H33N7O3. The van der Waals surface area contributed by atoms with Crippen LogP contribution in [0.15, 0.2) is 36.8 Å². The normalized spacial score (nSPS) is 21.2. The molecule has 1 aliphatic carbocycles. The van der Waals surface area contributed by atoms with E-state index >= 15 is 0 Å². The molecule has 0 spiro atoms. The number of pyridine rings is 1. The van der Waals surface area contributed by atoms with Crippen LogP contribution >= 0.6 is 0 Å². The molecule has 3 N–H and O–H groups in total. The second-order valence-corrected chi connectivity index (χ2v) is 9.36. The molecular weight excluding hydrogens is 446 g/mol. The summed E-state index contributed by atoms with van der Waals surface area (Å²) in [4.78, 5) is 54.7. The summed E-state index contributed by atoms with van der Waals surface area (Å²) in [5, 5.41) is 3.06. The number of β-lactam (4-membered cyclic amide) rings is 1. The van der Waals surface area contributed by atoms with Crippen LogP contribution in [0.5, 0.6) is 0 Å². The fraction of sp³-hybridized carbons (Fsp3) is 0.520. The van der Waals surface area contributed by atoms with Crippen molar-refractivity contribution in [3.63, 3.8) is 0 Å². The van der Waals surface area contributed by atoms with Gasteiger partial charge in [-0.05, 0) is 55.4 Å². The monoisotopic (exact) mass is 479 g/mol. The number of carbonyl (C=O) groups is 3. The van der Waals surface area contributed by atoms with E-state index in [1.165, 1.54) is 23.7 Å². The molecule has 3 heterocycles. The van der Waals surface area contributed by atoms with Gasteiger partial charge in [0.2, 0.25) is 11.9 Å². The lowest BCUT2D eigenvalue weighted by Gasteiger charge is -2.46. The third-order valence-corrected chi connectivity index (χ3v) is 7.14. The van der Waals surface area contributed by atoms with Gasteiger partial charge in [-0.1, -0.05) is 26.2 Å². The lowest BCUT2D eigenvalue weighted by Crippen LogP contribution is -2.71. The molecule has 35 heavy (non-hydrogen) atoms. The molecule has 0 aromatic carbocycles. The zero-order valence-electron chi connectivity index (χ0n) is 20.3. The number of nitrogens with zero attached hydrogens (tertiary/aromatic N) is 5. The van der Waals surface area contributed by atoms with E-state index < -0.39 is 23.9 Å². The van der Waals surface area contributed by atoms with Crippen LogP contribution in [0.25, 0.3) is 0 Å². The van der Waals surface area contributed by atoms with Crippen LogP contribution in [-0.4, -0.2) is 56.8 Å². The summed E-state index contributed by atoms with van der Waals surface area (Å²) in [6, 6.07) is 3.58. The first kappa shape index (κ1) is 24.6. The van der Waals surface area contributed by atoms with Crippen molar-refractivity contribution in [2.75, 3.05) is 17.7 Å². The predicted molar refractivity (Wildman–Crippen MR) is 131 cm³/mol. The van der Waals surface area contributed by atoms with Gasteiger partial charge < -0.3 is 11.1 Å². The van der Waals surface area contributed by atoms with Gasteiger partial charge in [0.1, 0.15) is 11.9 Å². The average molecular weight is 480 g/mol. The largest absolute Gasteiger partial charge is 0.384 e. The van der Waals surface area contributed by atoms with Gasteiger partial charge in [0.05, 0.1) is 5.92 Å². The first-order valence-corrected chi connectivity index (χ1v) is 12.3. The SMILES string of the molecule is CCC(NC(=O)N1C(=O)[C@H](Cc2ccnc(N)c2)C1C(=O)N(C)c1ncccn1)C1CCCCC1. The van der Waals surface area contributed by atoms with Crippen LogP contribution in [0, 0.1) is 11.8 Å². The molecule has 0 radical (unpaired) electrons. The first-order chi connectivity index (χ1) is 16.9. The van der Waals surface area contributed by atoms with Crippen molar-refractivity contribution in [2.24, 2.45) is 11.8 Å². The van der Waals surface area contributed by atoms with E-state index in [-0.39, 0.29) is 24.3 Å². The number of hydrogen-bond donors (Lipinski definition) is 2. The number of nitrogens with one attached hydrogen (secondary N) is 1. The number of anilines is 2. The molecule has 2 fully saturated rings. The molecule has 2 unspecified atom stereocenters. The molecule has 0 bridgehead atoms. The highest BCUT2D eigenvalue weighted by molar-refractivity contribution is 6.12. The van der Waals surface area contributed by atoms with Crippen molar-refractivity contribution < 1.29 is 14.4 Å². The number of hydrogen-bond acceptors (Lipinski definition) is 7. The number of imide groups is 1. The number of carbonyl (C=O) groups excluding carboxylic acids is 3. The van der Waals surface area contributed by atoms with E-state index in [4.69, 9.17) is 5.73 Å². The number of aromatic nitrogens is 3. The quantitative estimate of drug-likeness (QED) is 0.583. The maximum absolute atomic E-state index is 13.5. The maximum atomic E-state index is 13.5. The Hall–Kier alpha value is -3.56. The summed E-state index contributed by atoms with van der Waals surface area (Å²) < 4.78 is 0. The van der Waals surface area contributed by atoms with Crippen LogP contribution in [0.3, 0.4) is 0 Å². The van der Waals surface area contributed by atoms with Gasteiger partial charge in [-0.3, -0.25) is 19.4 Å². The zero-order chi connectivity index (χ0) is 24.9. The number of nitrogen functional groups attached to an aromatic ring is 1. The van der Waals surface area contributed by atoms with E-state index in [0.717, 1.165) is 42.6 Å². The average Bonchev–Trinajstić information content (AvgIpc) is 2.89. The molecule has 1 saturated heterocycles. The van der Waals surface area contributed by atoms with Crippen molar-refractivity contribution >= 4 is 29.6 Å². The van der Waals surface area contributed by atoms with E-state index in [1.54, 1.807) is 31.4 Å². The molecule has 2 aliphatic rings. The minimum absolute atomic E-state index is 0.0272. The Morgan fingerprint density at radius 2 is 1.89 bits per heavy atom. The summed E-state index contributed by atoms with van der Waals surface area (Å²) in [7, 11) is 1.55. The van der Waals surface area contributed by atoms with Crippen LogP contribution in [0.4, 0.5) is 16.6 Å². The standard InChI is InChI=1S/C25H33N7O3/c1-3-19(17-8-5-4-6-9-17)30-25(35)32-21(23(34)31(2)24-28-11-7-12-29-24)18(22(32)33)14-16-10-13-27-20(26)15-16/h7,10-13,15,17-19,21H,3-6,8-9,14H2,1-2H3,(H2,26,27)(H,30,35)/t18-,19?,21?/m1/s1. The van der Waals surface area contributed by atoms with Crippen LogP contribution in [-0.2, 0) is 16.0 Å². The number of rotatable bonds is 7. The Morgan fingerprint density at radius 3 is 2.54 bits per heavy atom. The minimum atomic E-state index is -0.963. The molecule has 10 nitrogen and oxygen atoms in total. The lowest BCUT2D eigenvalue weighted by molar-refractivity contribution is -0.156. The third-order valence-electron chi connectivity index (χ3n) is 7.14. The van der Waals surface area contributed by atoms with Crippen molar-refractivity contribution in [1.29, 1.82) is 0 Å². The second kappa shape index (κ2) is 10.8. The number of nitrogens with two attached hydrogens (primary N) is 1. The topological polar surface area (TPSA) is 134 Å². The Labute approximate surface area is 205 Å². The number of amides is 4. The molecule has 1 aliphatic heterocycles. The lowest BCUT2D eigenvalue weighted by atomic mass is 9.81. The zero-order valence-corrected chi connectivity index (χ0v) is 20.3. The van der Waals surface area contributed by atoms with Crippen molar-refractivity contribution in [2.45, 2.75) is 64.0 Å². The first-order valence-electron chi connectivity index (χ1n) is 12.3. The van der Waals surface area contributed by atoms with Crippen molar-refractivity contribution in [3.8, 4) is 0 Å². The van der Waals surface area contributed by atoms with Crippen molar-refractivity contribution in [3.05, 3.63) is 42.4 Å². The number of likely N-dealkylation sites (tertiary alicyclic amines) is 1. The molecule has 3 atom stereocenters. The van der Waals surface area contributed by atoms with E-state index in [0.29, 0.717) is 11.7 Å². The summed E-state index contributed by atoms with van der Waals surface area (Å²) in [5.74, 6) is -0.562. The van der Waals surface area contributed by atoms with Crippen LogP contribution < -0.4 is 16.0 Å². The maximum Gasteiger partial charge on any atom is 0.325 e. The molecule has 2 aromatic rings. The summed E-state index contributed by atoms with van der Waals surface area (Å²) in [6.45, 7) is 2.04. The highest BCUT2D eigenvalue weighted by atomic mass is 16.2. The number of urea groups is 1. The Bertz CT molecular complexity index is 1060. The summed E-state index contributed by atoms with van der Waals surface area (Å²) in [5.41, 5.74) is 6.58. The molecule has 186 valence electrons. The van der Waals surface area contributed by atoms with Gasteiger partial charge in [-0.25, -0.2) is 19.7 Å². The van der Waals surface area contributed by atoms with Gasteiger partial charge >= 0.3 is 6.03 Å². The van der Waals surface area contributed by atoms with Crippen molar-refractivity contribution in [1.82, 2.24) is 25.2 Å². The van der Waals surface area contributed by atoms with Crippen LogP contribution in [0.1, 0.15) is 51.0 Å². The smallest absolute Gasteiger partial charge is 0.325 e. The van der Waals surface area contributed by atoms with Crippen LogP contribution in [0.2, 0.25) is 0 Å². The fourth-order valence-electron chi connectivity index (χ4n) is 5.21. The molecule has 2 aromatic heterocycles. The Balaban J connectivity index is 1.56. The van der Waals surface area contributed by atoms with Gasteiger partial charge in [-0.15, -0.1) is 0 Å². The number of likely N-dealkylation sites (N-methyl/N-ethyl adjacent to an activating group) is 1. The molecule has 4 amide bonds. The Kier molecular flexibility index (Phi) is 7.57. The van der Waals surface area contributed by atoms with Gasteiger partial charge in [0, 0.05) is 31.7 Å². The molecule has 10 heteroatoms. The van der Waals surface area contributed by atoms with E-state index in [2.05, 4.69) is 20.3 Å². The third kappa shape index (κ3) is 5.26. The van der Waals surface area contributed by atoms with E-state index in [1.807, 2.05) is 6.92 Å². The summed E-state index contributed by atoms with van der Waals surface area (Å²) >= 11 is 0. The Morgan fingerprint density at radius 1 is 1.17 bits per heavy atom.